The van der Waals surface area contributed by atoms with Crippen LogP contribution in [0.4, 0.5) is 5.69 Å². The number of piperidine rings is 2. The van der Waals surface area contributed by atoms with Gasteiger partial charge in [0.2, 0.25) is 0 Å². The molecule has 3 heterocycles. The van der Waals surface area contributed by atoms with Crippen molar-refractivity contribution in [2.24, 2.45) is 11.8 Å². The molecule has 2 amide bonds. The summed E-state index contributed by atoms with van der Waals surface area (Å²) in [5, 5.41) is 0. The number of amides is 2. The molecule has 37 heavy (non-hydrogen) atoms. The fourth-order valence-electron chi connectivity index (χ4n) is 8.88. The zero-order valence-electron chi connectivity index (χ0n) is 22.4. The highest BCUT2D eigenvalue weighted by atomic mass is 16.2. The van der Waals surface area contributed by atoms with Gasteiger partial charge in [-0.05, 0) is 88.7 Å². The molecule has 2 saturated carbocycles. The number of carbonyl (C=O) groups is 3. The normalized spacial score (nSPS) is 35.7. The molecule has 7 atom stereocenters. The van der Waals surface area contributed by atoms with Crippen LogP contribution in [0.15, 0.2) is 30.3 Å². The summed E-state index contributed by atoms with van der Waals surface area (Å²) in [6, 6.07) is 11.0. The average Bonchev–Trinajstić information content (AvgIpc) is 3.39. The maximum atomic E-state index is 13.9. The number of hydrogen-bond donors (Lipinski definition) is 0. The van der Waals surface area contributed by atoms with Gasteiger partial charge >= 0.3 is 11.8 Å². The van der Waals surface area contributed by atoms with E-state index in [0.717, 1.165) is 36.8 Å². The average molecular weight is 506 g/mol. The van der Waals surface area contributed by atoms with Gasteiger partial charge in [0.15, 0.2) is 5.78 Å². The van der Waals surface area contributed by atoms with Crippen LogP contribution in [0, 0.1) is 11.8 Å². The number of Topliss-reactive ketones (excluding diaryl/α,β-unsaturated/α-hetero) is 1. The number of fused-ring (bicyclic) bond motifs is 4. The molecule has 0 aromatic heterocycles. The van der Waals surface area contributed by atoms with Gasteiger partial charge in [-0.25, -0.2) is 0 Å². The number of carbonyl (C=O) groups excluding carboxylic acids is 3. The Morgan fingerprint density at radius 3 is 2.05 bits per heavy atom. The molecule has 6 rings (SSSR count). The van der Waals surface area contributed by atoms with E-state index in [-0.39, 0.29) is 11.8 Å². The van der Waals surface area contributed by atoms with Crippen LogP contribution in [0.3, 0.4) is 0 Å². The lowest BCUT2D eigenvalue weighted by atomic mass is 9.68. The molecule has 200 valence electrons. The van der Waals surface area contributed by atoms with Crippen LogP contribution in [0.5, 0.6) is 0 Å². The van der Waals surface area contributed by atoms with Crippen LogP contribution in [0.25, 0.3) is 0 Å². The van der Waals surface area contributed by atoms with Crippen LogP contribution in [0.1, 0.15) is 90.4 Å². The number of hydrogen-bond acceptors (Lipinski definition) is 4. The van der Waals surface area contributed by atoms with Crippen molar-refractivity contribution < 1.29 is 14.4 Å². The highest BCUT2D eigenvalue weighted by Crippen LogP contribution is 2.46. The first-order chi connectivity index (χ1) is 18.0. The standard InChI is InChI=1S/C31H43N3O3/c1-21(35)29-14-7-15-32(29)30(36)31(37)34(24-10-3-2-4-11-24)28-19-25-12-6-13-26(20-28)33(25)27-17-22-8-5-9-23(16-22)18-27/h2-4,10-11,22-23,25-29H,5-9,12-20H2,1H3/t22-,23+,25-,26+,27+,28+,29-/m0/s1. The Hall–Kier alpha value is -2.21. The van der Waals surface area contributed by atoms with Crippen LogP contribution in [-0.4, -0.2) is 64.2 Å². The SMILES string of the molecule is CC(=O)[C@@H]1CCCN1C(=O)C(=O)N(c1ccccc1)[C@H]1C[C@H]2CCC[C@@H](C1)N2[C@H]1C[C@@H]2CCC[C@@H](C2)C1. The van der Waals surface area contributed by atoms with Gasteiger partial charge in [0.05, 0.1) is 6.04 Å². The number of nitrogens with zero attached hydrogens (tertiary/aromatic N) is 3. The van der Waals surface area contributed by atoms with E-state index in [9.17, 15) is 14.4 Å². The van der Waals surface area contributed by atoms with E-state index >= 15 is 0 Å². The molecular formula is C31H43N3O3. The molecule has 0 N–H and O–H groups in total. The lowest BCUT2D eigenvalue weighted by molar-refractivity contribution is -0.147. The van der Waals surface area contributed by atoms with E-state index in [1.165, 1.54) is 69.6 Å². The molecule has 5 fully saturated rings. The molecule has 0 unspecified atom stereocenters. The number of likely N-dealkylation sites (tertiary alicyclic amines) is 1. The van der Waals surface area contributed by atoms with Crippen molar-refractivity contribution >= 4 is 23.3 Å². The Morgan fingerprint density at radius 2 is 1.41 bits per heavy atom. The summed E-state index contributed by atoms with van der Waals surface area (Å²) in [7, 11) is 0. The first-order valence-electron chi connectivity index (χ1n) is 15.0. The second-order valence-corrected chi connectivity index (χ2v) is 12.6. The van der Waals surface area contributed by atoms with Crippen LogP contribution in [-0.2, 0) is 14.4 Å². The van der Waals surface area contributed by atoms with Crippen LogP contribution < -0.4 is 4.90 Å². The predicted molar refractivity (Wildman–Crippen MR) is 144 cm³/mol. The summed E-state index contributed by atoms with van der Waals surface area (Å²) < 4.78 is 0. The highest BCUT2D eigenvalue weighted by Gasteiger charge is 2.48. The Morgan fingerprint density at radius 1 is 0.757 bits per heavy atom. The van der Waals surface area contributed by atoms with Gasteiger partial charge in [-0.2, -0.15) is 0 Å². The van der Waals surface area contributed by atoms with Crippen molar-refractivity contribution in [3.63, 3.8) is 0 Å². The van der Waals surface area contributed by atoms with Crippen molar-refractivity contribution in [1.82, 2.24) is 9.80 Å². The van der Waals surface area contributed by atoms with Gasteiger partial charge in [0.1, 0.15) is 0 Å². The highest BCUT2D eigenvalue weighted by molar-refractivity contribution is 6.40. The minimum atomic E-state index is -0.505. The molecule has 0 spiro atoms. The molecule has 3 aliphatic heterocycles. The summed E-state index contributed by atoms with van der Waals surface area (Å²) in [6.45, 7) is 2.03. The summed E-state index contributed by atoms with van der Waals surface area (Å²) in [5.41, 5.74) is 0.808. The molecule has 3 saturated heterocycles. The van der Waals surface area contributed by atoms with Crippen molar-refractivity contribution in [2.45, 2.75) is 121 Å². The molecule has 6 heteroatoms. The number of ketones is 1. The third-order valence-electron chi connectivity index (χ3n) is 10.3. The minimum absolute atomic E-state index is 0.0203. The van der Waals surface area contributed by atoms with Crippen molar-refractivity contribution in [1.29, 1.82) is 0 Å². The van der Waals surface area contributed by atoms with E-state index in [1.807, 2.05) is 35.2 Å². The number of para-hydroxylation sites is 1. The Balaban J connectivity index is 1.25. The van der Waals surface area contributed by atoms with Gasteiger partial charge in [0.25, 0.3) is 0 Å². The first-order valence-corrected chi connectivity index (χ1v) is 15.0. The summed E-state index contributed by atoms with van der Waals surface area (Å²) in [6.07, 6.45) is 15.4. The van der Waals surface area contributed by atoms with Gasteiger partial charge in [0, 0.05) is 36.4 Å². The zero-order valence-corrected chi connectivity index (χ0v) is 22.4. The van der Waals surface area contributed by atoms with E-state index < -0.39 is 17.9 Å². The first kappa shape index (κ1) is 25.1. The third-order valence-corrected chi connectivity index (χ3v) is 10.3. The van der Waals surface area contributed by atoms with Gasteiger partial charge < -0.3 is 9.80 Å². The van der Waals surface area contributed by atoms with E-state index in [2.05, 4.69) is 4.90 Å². The maximum Gasteiger partial charge on any atom is 0.316 e. The fraction of sp³-hybridized carbons (Fsp3) is 0.710. The minimum Gasteiger partial charge on any atom is -0.324 e. The smallest absolute Gasteiger partial charge is 0.316 e. The molecule has 6 nitrogen and oxygen atoms in total. The van der Waals surface area contributed by atoms with E-state index in [4.69, 9.17) is 0 Å². The largest absolute Gasteiger partial charge is 0.324 e. The number of rotatable bonds is 4. The van der Waals surface area contributed by atoms with Gasteiger partial charge in [-0.15, -0.1) is 0 Å². The van der Waals surface area contributed by atoms with Gasteiger partial charge in [-0.3, -0.25) is 19.3 Å². The third kappa shape index (κ3) is 4.86. The van der Waals surface area contributed by atoms with Crippen LogP contribution >= 0.6 is 0 Å². The fourth-order valence-corrected chi connectivity index (χ4v) is 8.88. The summed E-state index contributed by atoms with van der Waals surface area (Å²) >= 11 is 0. The summed E-state index contributed by atoms with van der Waals surface area (Å²) in [4.78, 5) is 45.9. The Labute approximate surface area is 221 Å². The van der Waals surface area contributed by atoms with E-state index in [1.54, 1.807) is 0 Å². The van der Waals surface area contributed by atoms with Crippen molar-refractivity contribution in [3.05, 3.63) is 30.3 Å². The lowest BCUT2D eigenvalue weighted by Gasteiger charge is -2.56. The predicted octanol–water partition coefficient (Wildman–Crippen LogP) is 4.95. The van der Waals surface area contributed by atoms with Gasteiger partial charge in [-0.1, -0.05) is 43.9 Å². The Bertz CT molecular complexity index is 986. The lowest BCUT2D eigenvalue weighted by Crippen LogP contribution is -2.63. The monoisotopic (exact) mass is 505 g/mol. The number of anilines is 1. The van der Waals surface area contributed by atoms with Crippen LogP contribution in [0.2, 0.25) is 0 Å². The molecule has 1 aromatic carbocycles. The molecule has 1 aromatic rings. The summed E-state index contributed by atoms with van der Waals surface area (Å²) in [5.74, 6) is 0.832. The zero-order chi connectivity index (χ0) is 25.5. The maximum absolute atomic E-state index is 13.9. The Kier molecular flexibility index (Phi) is 7.13. The second-order valence-electron chi connectivity index (χ2n) is 12.6. The topological polar surface area (TPSA) is 60.9 Å². The molecule has 5 aliphatic rings. The van der Waals surface area contributed by atoms with E-state index in [0.29, 0.717) is 31.1 Å². The quantitative estimate of drug-likeness (QED) is 0.543. The molecule has 2 aliphatic carbocycles. The molecule has 0 radical (unpaired) electrons. The van der Waals surface area contributed by atoms with Crippen molar-refractivity contribution in [3.8, 4) is 0 Å². The van der Waals surface area contributed by atoms with Crippen molar-refractivity contribution in [2.75, 3.05) is 11.4 Å². The number of benzene rings is 1. The second kappa shape index (κ2) is 10.5. The molecule has 4 bridgehead atoms. The molecular weight excluding hydrogens is 462 g/mol.